The summed E-state index contributed by atoms with van der Waals surface area (Å²) in [6.07, 6.45) is 0. The van der Waals surface area contributed by atoms with Gasteiger partial charge in [0, 0.05) is 28.9 Å². The fourth-order valence-electron chi connectivity index (χ4n) is 1.84. The quantitative estimate of drug-likeness (QED) is 0.531. The van der Waals surface area contributed by atoms with Crippen LogP contribution in [0.3, 0.4) is 0 Å². The largest absolute Gasteiger partial charge is 0.497 e. The second kappa shape index (κ2) is 6.13. The van der Waals surface area contributed by atoms with Crippen molar-refractivity contribution in [2.75, 3.05) is 12.8 Å². The van der Waals surface area contributed by atoms with Crippen LogP contribution in [0.4, 0.5) is 5.69 Å². The molecule has 0 radical (unpaired) electrons. The number of hydrogen-bond acceptors (Lipinski definition) is 5. The number of hydrogen-bond donors (Lipinski definition) is 1. The molecule has 2 aromatic rings. The first-order valence-corrected chi connectivity index (χ1v) is 7.36. The van der Waals surface area contributed by atoms with Gasteiger partial charge in [0.15, 0.2) is 5.16 Å². The third kappa shape index (κ3) is 3.42. The number of benzene rings is 1. The Kier molecular flexibility index (Phi) is 4.49. The van der Waals surface area contributed by atoms with Gasteiger partial charge < -0.3 is 10.5 Å². The van der Waals surface area contributed by atoms with Gasteiger partial charge in [-0.15, -0.1) is 0 Å². The molecule has 0 fully saturated rings. The van der Waals surface area contributed by atoms with Gasteiger partial charge in [-0.05, 0) is 44.0 Å². The van der Waals surface area contributed by atoms with E-state index < -0.39 is 0 Å². The number of thioether (sulfide) groups is 1. The second-order valence-electron chi connectivity index (χ2n) is 4.71. The number of methoxy groups -OCH3 is 1. The molecule has 1 aromatic carbocycles. The Morgan fingerprint density at radius 3 is 2.35 bits per heavy atom. The van der Waals surface area contributed by atoms with Gasteiger partial charge in [-0.1, -0.05) is 11.8 Å². The monoisotopic (exact) mass is 289 g/mol. The smallest absolute Gasteiger partial charge is 0.188 e. The molecule has 0 aliphatic heterocycles. The van der Waals surface area contributed by atoms with Crippen molar-refractivity contribution in [1.29, 1.82) is 0 Å². The normalized spacial score (nSPS) is 10.6. The number of nitrogen functional groups attached to an aromatic ring is 1. The number of nitrogens with zero attached hydrogens (tertiary/aromatic N) is 2. The molecule has 0 saturated carbocycles. The highest BCUT2D eigenvalue weighted by Gasteiger charge is 2.06. The highest BCUT2D eigenvalue weighted by Crippen LogP contribution is 2.25. The lowest BCUT2D eigenvalue weighted by molar-refractivity contribution is 0.414. The van der Waals surface area contributed by atoms with Gasteiger partial charge in [0.1, 0.15) is 5.75 Å². The number of aromatic nitrogens is 2. The van der Waals surface area contributed by atoms with Crippen molar-refractivity contribution in [2.45, 2.75) is 31.7 Å². The number of anilines is 1. The van der Waals surface area contributed by atoms with Gasteiger partial charge in [-0.2, -0.15) is 0 Å². The molecule has 0 aliphatic carbocycles. The minimum atomic E-state index is 0.706. The molecule has 0 aliphatic rings. The first kappa shape index (κ1) is 14.7. The van der Waals surface area contributed by atoms with Crippen LogP contribution in [0.15, 0.2) is 23.4 Å². The summed E-state index contributed by atoms with van der Waals surface area (Å²) in [6.45, 7) is 6.07. The first-order valence-electron chi connectivity index (χ1n) is 6.37. The minimum Gasteiger partial charge on any atom is -0.497 e. The van der Waals surface area contributed by atoms with Crippen LogP contribution in [0.1, 0.15) is 22.5 Å². The molecule has 2 N–H and O–H groups in total. The summed E-state index contributed by atoms with van der Waals surface area (Å²) in [4.78, 5) is 9.01. The summed E-state index contributed by atoms with van der Waals surface area (Å²) in [5.74, 6) is 1.54. The highest BCUT2D eigenvalue weighted by molar-refractivity contribution is 7.98. The molecular weight excluding hydrogens is 270 g/mol. The maximum atomic E-state index is 5.85. The zero-order chi connectivity index (χ0) is 14.7. The zero-order valence-electron chi connectivity index (χ0n) is 12.2. The predicted octanol–water partition coefficient (Wildman–Crippen LogP) is 3.28. The molecule has 0 spiro atoms. The average molecular weight is 289 g/mol. The molecule has 106 valence electrons. The van der Waals surface area contributed by atoms with Gasteiger partial charge in [-0.3, -0.25) is 0 Å². The summed E-state index contributed by atoms with van der Waals surface area (Å²) in [5, 5.41) is 0.798. The topological polar surface area (TPSA) is 61.0 Å². The third-order valence-electron chi connectivity index (χ3n) is 3.20. The summed E-state index contributed by atoms with van der Waals surface area (Å²) >= 11 is 1.61. The zero-order valence-corrected chi connectivity index (χ0v) is 13.0. The van der Waals surface area contributed by atoms with Crippen LogP contribution in [0, 0.1) is 20.8 Å². The van der Waals surface area contributed by atoms with E-state index in [1.807, 2.05) is 39.0 Å². The van der Waals surface area contributed by atoms with Crippen molar-refractivity contribution in [2.24, 2.45) is 0 Å². The molecule has 0 bridgehead atoms. The van der Waals surface area contributed by atoms with Crippen LogP contribution in [-0.4, -0.2) is 17.1 Å². The average Bonchev–Trinajstić information content (AvgIpc) is 2.41. The maximum absolute atomic E-state index is 5.85. The maximum Gasteiger partial charge on any atom is 0.188 e. The van der Waals surface area contributed by atoms with E-state index >= 15 is 0 Å². The molecule has 1 aromatic heterocycles. The Labute approximate surface area is 123 Å². The Morgan fingerprint density at radius 2 is 1.75 bits per heavy atom. The molecule has 0 amide bonds. The lowest BCUT2D eigenvalue weighted by Gasteiger charge is -2.08. The van der Waals surface area contributed by atoms with Gasteiger partial charge in [-0.25, -0.2) is 9.97 Å². The van der Waals surface area contributed by atoms with Crippen LogP contribution >= 0.6 is 11.8 Å². The number of ether oxygens (including phenoxy) is 1. The third-order valence-corrected chi connectivity index (χ3v) is 4.12. The Hall–Kier alpha value is -1.75. The molecule has 4 nitrogen and oxygen atoms in total. The lowest BCUT2D eigenvalue weighted by Crippen LogP contribution is -1.98. The summed E-state index contributed by atoms with van der Waals surface area (Å²) in [5.41, 5.74) is 10.9. The Bertz CT molecular complexity index is 606. The Balaban J connectivity index is 2.14. The van der Waals surface area contributed by atoms with Crippen LogP contribution in [0.25, 0.3) is 0 Å². The molecule has 0 atom stereocenters. The molecule has 20 heavy (non-hydrogen) atoms. The van der Waals surface area contributed by atoms with Crippen molar-refractivity contribution < 1.29 is 4.74 Å². The second-order valence-corrected chi connectivity index (χ2v) is 5.65. The molecule has 1 heterocycles. The molecule has 0 unspecified atom stereocenters. The van der Waals surface area contributed by atoms with Gasteiger partial charge >= 0.3 is 0 Å². The van der Waals surface area contributed by atoms with Crippen LogP contribution in [-0.2, 0) is 5.75 Å². The number of aryl methyl sites for hydroxylation is 2. The highest BCUT2D eigenvalue weighted by atomic mass is 32.2. The molecule has 2 rings (SSSR count). The standard InChI is InChI=1S/C15H19N3OS/c1-9-10(2)17-15(18-11(9)3)20-8-12-5-13(16)7-14(6-12)19-4/h5-7H,8,16H2,1-4H3. The number of rotatable bonds is 4. The van der Waals surface area contributed by atoms with E-state index in [9.17, 15) is 0 Å². The van der Waals surface area contributed by atoms with Gasteiger partial charge in [0.2, 0.25) is 0 Å². The fraction of sp³-hybridized carbons (Fsp3) is 0.333. The molecule has 5 heteroatoms. The van der Waals surface area contributed by atoms with Crippen LogP contribution in [0.5, 0.6) is 5.75 Å². The van der Waals surface area contributed by atoms with Crippen molar-refractivity contribution in [3.05, 3.63) is 40.7 Å². The fourth-order valence-corrected chi connectivity index (χ4v) is 2.71. The summed E-state index contributed by atoms with van der Waals surface area (Å²) in [6, 6.07) is 5.74. The van der Waals surface area contributed by atoms with Crippen molar-refractivity contribution in [1.82, 2.24) is 9.97 Å². The van der Waals surface area contributed by atoms with Crippen LogP contribution < -0.4 is 10.5 Å². The van der Waals surface area contributed by atoms with E-state index in [1.165, 1.54) is 0 Å². The Morgan fingerprint density at radius 1 is 1.10 bits per heavy atom. The van der Waals surface area contributed by atoms with E-state index in [4.69, 9.17) is 10.5 Å². The summed E-state index contributed by atoms with van der Waals surface area (Å²) in [7, 11) is 1.64. The van der Waals surface area contributed by atoms with Crippen LogP contribution in [0.2, 0.25) is 0 Å². The van der Waals surface area contributed by atoms with Gasteiger partial charge in [0.05, 0.1) is 7.11 Å². The van der Waals surface area contributed by atoms with Crippen molar-refractivity contribution >= 4 is 17.4 Å². The molecule has 0 saturated heterocycles. The predicted molar refractivity (Wildman–Crippen MR) is 83.2 cm³/mol. The van der Waals surface area contributed by atoms with E-state index in [1.54, 1.807) is 18.9 Å². The first-order chi connectivity index (χ1) is 9.49. The SMILES string of the molecule is COc1cc(N)cc(CSc2nc(C)c(C)c(C)n2)c1. The van der Waals surface area contributed by atoms with Gasteiger partial charge in [0.25, 0.3) is 0 Å². The minimum absolute atomic E-state index is 0.706. The lowest BCUT2D eigenvalue weighted by atomic mass is 10.2. The molecular formula is C15H19N3OS. The van der Waals surface area contributed by atoms with E-state index in [-0.39, 0.29) is 0 Å². The number of nitrogens with two attached hydrogens (primary N) is 1. The van der Waals surface area contributed by atoms with Crippen molar-refractivity contribution in [3.63, 3.8) is 0 Å². The van der Waals surface area contributed by atoms with E-state index in [0.717, 1.165) is 39.2 Å². The van der Waals surface area contributed by atoms with Crippen molar-refractivity contribution in [3.8, 4) is 5.75 Å². The van der Waals surface area contributed by atoms with E-state index in [0.29, 0.717) is 5.69 Å². The van der Waals surface area contributed by atoms with E-state index in [2.05, 4.69) is 9.97 Å². The summed E-state index contributed by atoms with van der Waals surface area (Å²) < 4.78 is 5.22.